The molecule has 0 fully saturated rings. The van der Waals surface area contributed by atoms with Crippen LogP contribution in [0.4, 0.5) is 5.69 Å². The summed E-state index contributed by atoms with van der Waals surface area (Å²) in [5.74, 6) is -0.248. The molecule has 0 bridgehead atoms. The SMILES string of the molecule is Cc1ccc2c(c1)c1ncn(Cc3ccccc3)c(=O)c1n2CC(=O)Nc1cccc(Cl)c1C. The molecule has 2 heterocycles. The second kappa shape index (κ2) is 8.80. The summed E-state index contributed by atoms with van der Waals surface area (Å²) in [6.45, 7) is 4.22. The van der Waals surface area contributed by atoms with E-state index < -0.39 is 0 Å². The van der Waals surface area contributed by atoms with E-state index in [-0.39, 0.29) is 18.0 Å². The molecule has 0 radical (unpaired) electrons. The Morgan fingerprint density at radius 1 is 1.03 bits per heavy atom. The van der Waals surface area contributed by atoms with Gasteiger partial charge >= 0.3 is 0 Å². The van der Waals surface area contributed by atoms with Crippen LogP contribution in [0.3, 0.4) is 0 Å². The fourth-order valence-electron chi connectivity index (χ4n) is 4.25. The van der Waals surface area contributed by atoms with E-state index in [1.165, 1.54) is 0 Å². The number of carbonyl (C=O) groups excluding carboxylic acids is 1. The average molecular weight is 471 g/mol. The summed E-state index contributed by atoms with van der Waals surface area (Å²) >= 11 is 6.21. The van der Waals surface area contributed by atoms with Gasteiger partial charge in [-0.3, -0.25) is 14.2 Å². The minimum absolute atomic E-state index is 0.0265. The summed E-state index contributed by atoms with van der Waals surface area (Å²) in [6.07, 6.45) is 1.58. The molecular weight excluding hydrogens is 448 g/mol. The largest absolute Gasteiger partial charge is 0.325 e. The molecule has 0 aliphatic rings. The van der Waals surface area contributed by atoms with Gasteiger partial charge in [0.15, 0.2) is 0 Å². The molecule has 0 atom stereocenters. The van der Waals surface area contributed by atoms with Crippen molar-refractivity contribution in [1.29, 1.82) is 0 Å². The van der Waals surface area contributed by atoms with Gasteiger partial charge in [0.25, 0.3) is 5.56 Å². The van der Waals surface area contributed by atoms with E-state index in [0.717, 1.165) is 27.6 Å². The molecule has 0 saturated heterocycles. The van der Waals surface area contributed by atoms with Gasteiger partial charge in [0, 0.05) is 16.1 Å². The fraction of sp³-hybridized carbons (Fsp3) is 0.148. The van der Waals surface area contributed by atoms with Crippen LogP contribution in [0.25, 0.3) is 21.9 Å². The first-order valence-corrected chi connectivity index (χ1v) is 11.4. The molecule has 170 valence electrons. The number of nitrogens with one attached hydrogen (secondary N) is 1. The van der Waals surface area contributed by atoms with Crippen LogP contribution >= 0.6 is 11.6 Å². The number of hydrogen-bond donors (Lipinski definition) is 1. The van der Waals surface area contributed by atoms with E-state index in [4.69, 9.17) is 11.6 Å². The molecule has 3 aromatic carbocycles. The van der Waals surface area contributed by atoms with Gasteiger partial charge in [-0.15, -0.1) is 0 Å². The van der Waals surface area contributed by atoms with Gasteiger partial charge in [0.1, 0.15) is 17.6 Å². The van der Waals surface area contributed by atoms with Crippen LogP contribution < -0.4 is 10.9 Å². The van der Waals surface area contributed by atoms with Crippen molar-refractivity contribution in [2.24, 2.45) is 0 Å². The first kappa shape index (κ1) is 21.9. The lowest BCUT2D eigenvalue weighted by Crippen LogP contribution is -2.25. The predicted octanol–water partition coefficient (Wildman–Crippen LogP) is 5.31. The zero-order valence-corrected chi connectivity index (χ0v) is 19.6. The fourth-order valence-corrected chi connectivity index (χ4v) is 4.42. The third-order valence-corrected chi connectivity index (χ3v) is 6.43. The zero-order valence-electron chi connectivity index (χ0n) is 18.9. The summed E-state index contributed by atoms with van der Waals surface area (Å²) in [6, 6.07) is 21.0. The Labute approximate surface area is 201 Å². The Hall–Kier alpha value is -3.90. The first-order valence-electron chi connectivity index (χ1n) is 11.0. The van der Waals surface area contributed by atoms with Crippen LogP contribution in [0.15, 0.2) is 77.9 Å². The molecule has 0 saturated carbocycles. The standard InChI is InChI=1S/C27H23ClN4O2/c1-17-11-12-23-20(13-17)25-26(27(34)31(16-29-25)14-19-7-4-3-5-8-19)32(23)15-24(33)30-22-10-6-9-21(28)18(22)2/h3-13,16H,14-15H2,1-2H3,(H,30,33). The van der Waals surface area contributed by atoms with E-state index >= 15 is 0 Å². The number of rotatable bonds is 5. The van der Waals surface area contributed by atoms with Gasteiger partial charge in [-0.25, -0.2) is 4.98 Å². The van der Waals surface area contributed by atoms with E-state index in [2.05, 4.69) is 10.3 Å². The topological polar surface area (TPSA) is 68.9 Å². The number of benzene rings is 3. The number of halogens is 1. The van der Waals surface area contributed by atoms with Crippen LogP contribution in [0, 0.1) is 13.8 Å². The van der Waals surface area contributed by atoms with Gasteiger partial charge in [-0.1, -0.05) is 59.6 Å². The number of aryl methyl sites for hydroxylation is 1. The second-order valence-corrected chi connectivity index (χ2v) is 8.83. The molecular formula is C27H23ClN4O2. The number of amides is 1. The molecule has 5 aromatic rings. The molecule has 1 amide bonds. The van der Waals surface area contributed by atoms with Crippen LogP contribution in [-0.2, 0) is 17.9 Å². The molecule has 0 aliphatic heterocycles. The first-order chi connectivity index (χ1) is 16.4. The van der Waals surface area contributed by atoms with Crippen molar-refractivity contribution in [1.82, 2.24) is 14.1 Å². The molecule has 34 heavy (non-hydrogen) atoms. The van der Waals surface area contributed by atoms with Crippen molar-refractivity contribution >= 4 is 45.1 Å². The Bertz CT molecular complexity index is 1600. The smallest absolute Gasteiger partial charge is 0.278 e. The van der Waals surface area contributed by atoms with Crippen molar-refractivity contribution in [3.05, 3.63) is 105 Å². The van der Waals surface area contributed by atoms with Crippen LogP contribution in [0.5, 0.6) is 0 Å². The third kappa shape index (κ3) is 3.97. The van der Waals surface area contributed by atoms with Crippen LogP contribution in [-0.4, -0.2) is 20.0 Å². The summed E-state index contributed by atoms with van der Waals surface area (Å²) < 4.78 is 3.34. The number of carbonyl (C=O) groups is 1. The van der Waals surface area contributed by atoms with E-state index in [9.17, 15) is 9.59 Å². The molecule has 0 spiro atoms. The highest BCUT2D eigenvalue weighted by Crippen LogP contribution is 2.27. The van der Waals surface area contributed by atoms with Crippen LogP contribution in [0.2, 0.25) is 5.02 Å². The lowest BCUT2D eigenvalue weighted by atomic mass is 10.1. The highest BCUT2D eigenvalue weighted by molar-refractivity contribution is 6.31. The zero-order chi connectivity index (χ0) is 23.8. The third-order valence-electron chi connectivity index (χ3n) is 6.02. The molecule has 5 rings (SSSR count). The number of aromatic nitrogens is 3. The highest BCUT2D eigenvalue weighted by Gasteiger charge is 2.19. The van der Waals surface area contributed by atoms with Gasteiger partial charge in [-0.2, -0.15) is 0 Å². The Balaban J connectivity index is 1.61. The van der Waals surface area contributed by atoms with Crippen molar-refractivity contribution < 1.29 is 4.79 Å². The van der Waals surface area contributed by atoms with Gasteiger partial charge in [-0.05, 0) is 49.2 Å². The van der Waals surface area contributed by atoms with Crippen molar-refractivity contribution in [3.63, 3.8) is 0 Å². The molecule has 6 nitrogen and oxygen atoms in total. The predicted molar refractivity (Wildman–Crippen MR) is 137 cm³/mol. The lowest BCUT2D eigenvalue weighted by molar-refractivity contribution is -0.116. The molecule has 0 aliphatic carbocycles. The number of hydrogen-bond acceptors (Lipinski definition) is 3. The minimum atomic E-state index is -0.248. The Morgan fingerprint density at radius 2 is 1.82 bits per heavy atom. The Kier molecular flexibility index (Phi) is 5.67. The van der Waals surface area contributed by atoms with E-state index in [1.807, 2.05) is 68.4 Å². The van der Waals surface area contributed by atoms with E-state index in [1.54, 1.807) is 27.6 Å². The maximum atomic E-state index is 13.6. The highest BCUT2D eigenvalue weighted by atomic mass is 35.5. The summed E-state index contributed by atoms with van der Waals surface area (Å²) in [7, 11) is 0. The maximum absolute atomic E-state index is 13.6. The molecule has 7 heteroatoms. The summed E-state index contributed by atoms with van der Waals surface area (Å²) in [5, 5.41) is 4.36. The van der Waals surface area contributed by atoms with Crippen molar-refractivity contribution in [2.45, 2.75) is 26.9 Å². The molecule has 1 N–H and O–H groups in total. The Morgan fingerprint density at radius 3 is 2.62 bits per heavy atom. The average Bonchev–Trinajstić information content (AvgIpc) is 3.12. The van der Waals surface area contributed by atoms with Crippen molar-refractivity contribution in [2.75, 3.05) is 5.32 Å². The second-order valence-electron chi connectivity index (χ2n) is 8.43. The molecule has 2 aromatic heterocycles. The number of nitrogens with zero attached hydrogens (tertiary/aromatic N) is 3. The van der Waals surface area contributed by atoms with Gasteiger partial charge in [0.2, 0.25) is 5.91 Å². The monoisotopic (exact) mass is 470 g/mol. The number of anilines is 1. The van der Waals surface area contributed by atoms with Crippen molar-refractivity contribution in [3.8, 4) is 0 Å². The molecule has 0 unspecified atom stereocenters. The number of fused-ring (bicyclic) bond motifs is 3. The van der Waals surface area contributed by atoms with Gasteiger partial charge < -0.3 is 9.88 Å². The quantitative estimate of drug-likeness (QED) is 0.378. The minimum Gasteiger partial charge on any atom is -0.325 e. The normalized spacial score (nSPS) is 11.3. The van der Waals surface area contributed by atoms with E-state index in [0.29, 0.717) is 28.3 Å². The maximum Gasteiger partial charge on any atom is 0.278 e. The van der Waals surface area contributed by atoms with Crippen LogP contribution in [0.1, 0.15) is 16.7 Å². The lowest BCUT2D eigenvalue weighted by Gasteiger charge is -2.12. The summed E-state index contributed by atoms with van der Waals surface area (Å²) in [4.78, 5) is 31.3. The summed E-state index contributed by atoms with van der Waals surface area (Å²) in [5.41, 5.74) is 5.11. The van der Waals surface area contributed by atoms with Gasteiger partial charge in [0.05, 0.1) is 18.4 Å².